The van der Waals surface area contributed by atoms with Crippen LogP contribution in [-0.2, 0) is 49.3 Å². The summed E-state index contributed by atoms with van der Waals surface area (Å²) >= 11 is 3.23. The highest BCUT2D eigenvalue weighted by Gasteiger charge is 2.62. The van der Waals surface area contributed by atoms with Crippen molar-refractivity contribution in [3.8, 4) is 5.88 Å². The molecule has 43 heavy (non-hydrogen) atoms. The molecule has 0 aliphatic carbocycles. The number of aromatic nitrogens is 2. The lowest BCUT2D eigenvalue weighted by atomic mass is 9.96. The van der Waals surface area contributed by atoms with E-state index in [1.165, 1.54) is 6.07 Å². The molecule has 0 bridgehead atoms. The largest absolute Gasteiger partial charge is 0.463 e. The zero-order valence-corrected chi connectivity index (χ0v) is 26.3. The molecule has 0 saturated carbocycles. The predicted molar refractivity (Wildman–Crippen MR) is 148 cm³/mol. The molecule has 15 heteroatoms. The van der Waals surface area contributed by atoms with Crippen molar-refractivity contribution in [2.24, 2.45) is 0 Å². The third kappa shape index (κ3) is 8.30. The minimum Gasteiger partial charge on any atom is -0.463 e. The maximum absolute atomic E-state index is 14.9. The molecule has 13 nitrogen and oxygen atoms in total. The van der Waals surface area contributed by atoms with Crippen molar-refractivity contribution in [1.29, 1.82) is 0 Å². The van der Waals surface area contributed by atoms with Gasteiger partial charge in [0.05, 0.1) is 0 Å². The Morgan fingerprint density at radius 1 is 1.05 bits per heavy atom. The van der Waals surface area contributed by atoms with E-state index in [2.05, 4.69) is 21.0 Å². The van der Waals surface area contributed by atoms with Crippen LogP contribution in [0.2, 0.25) is 0 Å². The van der Waals surface area contributed by atoms with Crippen LogP contribution < -0.4 is 4.74 Å². The second-order valence-corrected chi connectivity index (χ2v) is 11.1. The molecule has 1 aromatic heterocycles. The van der Waals surface area contributed by atoms with Crippen molar-refractivity contribution < 1.29 is 57.1 Å². The van der Waals surface area contributed by atoms with Crippen molar-refractivity contribution in [2.45, 2.75) is 91.3 Å². The van der Waals surface area contributed by atoms with E-state index in [0.717, 1.165) is 27.7 Å². The van der Waals surface area contributed by atoms with Gasteiger partial charge < -0.3 is 33.5 Å². The number of hydrogen-bond acceptors (Lipinski definition) is 12. The highest BCUT2D eigenvalue weighted by molar-refractivity contribution is 9.10. The first kappa shape index (κ1) is 33.9. The smallest absolute Gasteiger partial charge is 0.369 e. The molecular weight excluding hydrogens is 639 g/mol. The zero-order chi connectivity index (χ0) is 32.2. The van der Waals surface area contributed by atoms with E-state index in [1.807, 2.05) is 13.8 Å². The van der Waals surface area contributed by atoms with E-state index in [1.54, 1.807) is 23.7 Å². The van der Waals surface area contributed by atoms with Crippen molar-refractivity contribution >= 4 is 39.8 Å². The van der Waals surface area contributed by atoms with Crippen LogP contribution in [-0.4, -0.2) is 75.8 Å². The number of carbonyl (C=O) groups is 4. The number of esters is 4. The van der Waals surface area contributed by atoms with Gasteiger partial charge in [0.15, 0.2) is 12.2 Å². The van der Waals surface area contributed by atoms with Gasteiger partial charge in [-0.05, 0) is 38.5 Å². The molecule has 3 rings (SSSR count). The van der Waals surface area contributed by atoms with Gasteiger partial charge in [0, 0.05) is 55.9 Å². The summed E-state index contributed by atoms with van der Waals surface area (Å²) < 4.78 is 49.8. The highest BCUT2D eigenvalue weighted by atomic mass is 79.9. The molecule has 1 fully saturated rings. The molecule has 2 heterocycles. The van der Waals surface area contributed by atoms with Gasteiger partial charge in [-0.2, -0.15) is 0 Å². The van der Waals surface area contributed by atoms with Crippen LogP contribution in [0.15, 0.2) is 22.7 Å². The zero-order valence-electron chi connectivity index (χ0n) is 24.7. The Hall–Kier alpha value is -3.56. The first-order valence-corrected chi connectivity index (χ1v) is 14.1. The van der Waals surface area contributed by atoms with Gasteiger partial charge in [-0.25, -0.2) is 4.39 Å². The highest BCUT2D eigenvalue weighted by Crippen LogP contribution is 2.38. The van der Waals surface area contributed by atoms with Gasteiger partial charge in [-0.3, -0.25) is 23.9 Å². The van der Waals surface area contributed by atoms with E-state index in [9.17, 15) is 28.7 Å². The lowest BCUT2D eigenvalue weighted by Crippen LogP contribution is -2.70. The topological polar surface area (TPSA) is 162 Å². The Morgan fingerprint density at radius 3 is 2.19 bits per heavy atom. The standard InChI is InChI=1S/C28H34BrFN2O11/c1-13(2)32-14(3)21(10-19-8-9-20(29)11-22(19)30)27(31-32)43-28(37)26(41-18(7)36)25(40-17(6)35)24(39-16(5)34)23(42-28)12-38-15(4)33/h8-9,11,13,23-26,37H,10,12H2,1-7H3/t23-,24-,25+,26-,28-/m1/s1. The summed E-state index contributed by atoms with van der Waals surface area (Å²) in [5.74, 6) is -7.06. The summed E-state index contributed by atoms with van der Waals surface area (Å²) in [5, 5.41) is 16.4. The molecule has 1 aliphatic heterocycles. The first-order chi connectivity index (χ1) is 20.0. The number of nitrogens with zero attached hydrogens (tertiary/aromatic N) is 2. The molecule has 236 valence electrons. The molecule has 0 amide bonds. The Kier molecular flexibility index (Phi) is 10.9. The van der Waals surface area contributed by atoms with Crippen LogP contribution in [0.5, 0.6) is 5.88 Å². The fourth-order valence-electron chi connectivity index (χ4n) is 4.64. The van der Waals surface area contributed by atoms with Crippen LogP contribution in [0, 0.1) is 12.7 Å². The van der Waals surface area contributed by atoms with Gasteiger partial charge in [0.1, 0.15) is 18.5 Å². The van der Waals surface area contributed by atoms with Gasteiger partial charge in [0.25, 0.3) is 0 Å². The Morgan fingerprint density at radius 2 is 1.65 bits per heavy atom. The average molecular weight is 673 g/mol. The molecule has 0 spiro atoms. The summed E-state index contributed by atoms with van der Waals surface area (Å²) in [6, 6.07) is 4.33. The Labute approximate surface area is 255 Å². The molecule has 1 saturated heterocycles. The van der Waals surface area contributed by atoms with Crippen molar-refractivity contribution in [3.63, 3.8) is 0 Å². The molecule has 1 N–H and O–H groups in total. The van der Waals surface area contributed by atoms with Gasteiger partial charge >= 0.3 is 29.9 Å². The minimum atomic E-state index is -2.94. The quantitative estimate of drug-likeness (QED) is 0.223. The van der Waals surface area contributed by atoms with Gasteiger partial charge in [-0.15, -0.1) is 5.10 Å². The molecule has 1 aliphatic rings. The maximum Gasteiger partial charge on any atom is 0.369 e. The van der Waals surface area contributed by atoms with Crippen LogP contribution in [0.4, 0.5) is 4.39 Å². The fraction of sp³-hybridized carbons (Fsp3) is 0.536. The lowest BCUT2D eigenvalue weighted by molar-refractivity contribution is -0.422. The number of hydrogen-bond donors (Lipinski definition) is 1. The van der Waals surface area contributed by atoms with Crippen LogP contribution in [0.1, 0.15) is 64.4 Å². The van der Waals surface area contributed by atoms with E-state index < -0.39 is 66.7 Å². The molecule has 1 aromatic carbocycles. The van der Waals surface area contributed by atoms with E-state index >= 15 is 0 Å². The number of benzene rings is 1. The van der Waals surface area contributed by atoms with Crippen molar-refractivity contribution in [1.82, 2.24) is 9.78 Å². The van der Waals surface area contributed by atoms with E-state index in [-0.39, 0.29) is 23.9 Å². The van der Waals surface area contributed by atoms with E-state index in [4.69, 9.17) is 28.4 Å². The fourth-order valence-corrected chi connectivity index (χ4v) is 4.97. The summed E-state index contributed by atoms with van der Waals surface area (Å²) in [6.07, 6.45) is -6.64. The second kappa shape index (κ2) is 13.8. The molecule has 5 atom stereocenters. The lowest BCUT2D eigenvalue weighted by Gasteiger charge is -2.47. The second-order valence-electron chi connectivity index (χ2n) is 10.2. The third-order valence-electron chi connectivity index (χ3n) is 6.37. The summed E-state index contributed by atoms with van der Waals surface area (Å²) in [6.45, 7) is 9.09. The van der Waals surface area contributed by atoms with Crippen LogP contribution >= 0.6 is 15.9 Å². The molecule has 0 unspecified atom stereocenters. The summed E-state index contributed by atoms with van der Waals surface area (Å²) in [5.41, 5.74) is 1.21. The monoisotopic (exact) mass is 672 g/mol. The Balaban J connectivity index is 2.17. The van der Waals surface area contributed by atoms with Crippen LogP contribution in [0.3, 0.4) is 0 Å². The molecular formula is C28H34BrFN2O11. The third-order valence-corrected chi connectivity index (χ3v) is 6.86. The predicted octanol–water partition coefficient (Wildman–Crippen LogP) is 3.05. The maximum atomic E-state index is 14.9. The normalized spacial score (nSPS) is 23.4. The van der Waals surface area contributed by atoms with Crippen LogP contribution in [0.25, 0.3) is 0 Å². The summed E-state index contributed by atoms with van der Waals surface area (Å²) in [7, 11) is 0. The number of ether oxygens (including phenoxy) is 6. The minimum absolute atomic E-state index is 0.0262. The molecule has 0 radical (unpaired) electrons. The first-order valence-electron chi connectivity index (χ1n) is 13.3. The molecule has 2 aromatic rings. The number of halogens is 2. The van der Waals surface area contributed by atoms with Gasteiger partial charge in [0.2, 0.25) is 12.0 Å². The summed E-state index contributed by atoms with van der Waals surface area (Å²) in [4.78, 5) is 48.0. The number of carbonyl (C=O) groups excluding carboxylic acids is 4. The SMILES string of the molecule is CC(=O)OC[C@H]1O[C@@](O)(Oc2nn(C(C)C)c(C)c2Cc2ccc(Br)cc2F)[C@H](OC(C)=O)[C@@H](OC(C)=O)[C@@H]1OC(C)=O. The average Bonchev–Trinajstić information content (AvgIpc) is 3.17. The number of rotatable bonds is 10. The van der Waals surface area contributed by atoms with E-state index in [0.29, 0.717) is 15.7 Å². The Bertz CT molecular complexity index is 1380. The number of aliphatic hydroxyl groups is 1. The van der Waals surface area contributed by atoms with Gasteiger partial charge in [-0.1, -0.05) is 22.0 Å². The van der Waals surface area contributed by atoms with Crippen molar-refractivity contribution in [3.05, 3.63) is 45.3 Å². The van der Waals surface area contributed by atoms with Crippen molar-refractivity contribution in [2.75, 3.05) is 6.61 Å².